The van der Waals surface area contributed by atoms with Crippen LogP contribution in [0.1, 0.15) is 67.7 Å². The minimum absolute atomic E-state index is 0.0455. The summed E-state index contributed by atoms with van der Waals surface area (Å²) in [5, 5.41) is 0. The highest BCUT2D eigenvalue weighted by molar-refractivity contribution is 6.21. The van der Waals surface area contributed by atoms with E-state index in [0.717, 1.165) is 19.3 Å². The highest BCUT2D eigenvalue weighted by atomic mass is 16.2. The molecule has 3 heteroatoms. The zero-order valence-corrected chi connectivity index (χ0v) is 18.4. The van der Waals surface area contributed by atoms with Crippen molar-refractivity contribution in [1.29, 1.82) is 0 Å². The lowest BCUT2D eigenvalue weighted by Gasteiger charge is -2.42. The molecule has 2 atom stereocenters. The Bertz CT molecular complexity index is 955. The van der Waals surface area contributed by atoms with Gasteiger partial charge in [-0.25, -0.2) is 0 Å². The van der Waals surface area contributed by atoms with Gasteiger partial charge < -0.3 is 0 Å². The van der Waals surface area contributed by atoms with Crippen LogP contribution in [-0.4, -0.2) is 22.8 Å². The zero-order chi connectivity index (χ0) is 21.5. The predicted octanol–water partition coefficient (Wildman–Crippen LogP) is 6.11. The van der Waals surface area contributed by atoms with E-state index >= 15 is 0 Å². The van der Waals surface area contributed by atoms with Gasteiger partial charge in [0.1, 0.15) is 0 Å². The molecule has 1 heterocycles. The summed E-state index contributed by atoms with van der Waals surface area (Å²) in [6.07, 6.45) is 17.5. The quantitative estimate of drug-likeness (QED) is 0.443. The molecule has 2 aliphatic carbocycles. The van der Waals surface area contributed by atoms with E-state index in [2.05, 4.69) is 64.2 Å². The number of benzene rings is 1. The number of rotatable bonds is 2. The van der Waals surface area contributed by atoms with Crippen LogP contribution in [0.25, 0.3) is 0 Å². The van der Waals surface area contributed by atoms with E-state index in [9.17, 15) is 9.59 Å². The molecule has 30 heavy (non-hydrogen) atoms. The second-order valence-corrected chi connectivity index (χ2v) is 10.1. The molecule has 0 radical (unpaired) electrons. The number of fused-ring (bicyclic) bond motifs is 1. The predicted molar refractivity (Wildman–Crippen MR) is 121 cm³/mol. The highest BCUT2D eigenvalue weighted by Gasteiger charge is 2.50. The minimum atomic E-state index is -0.173. The van der Waals surface area contributed by atoms with E-state index in [1.807, 2.05) is 18.2 Å². The lowest BCUT2D eigenvalue weighted by Crippen LogP contribution is -2.48. The van der Waals surface area contributed by atoms with Crippen molar-refractivity contribution >= 4 is 11.8 Å². The SMILES string of the molecule is CC1(C)CC(C)(C)C(N2C(=O)c3ccccc3C2=O)CCC1C1=CC=CC=CC=C1. The monoisotopic (exact) mass is 401 g/mol. The number of nitrogens with zero attached hydrogens (tertiary/aromatic N) is 1. The Morgan fingerprint density at radius 2 is 1.40 bits per heavy atom. The van der Waals surface area contributed by atoms with Gasteiger partial charge >= 0.3 is 0 Å². The fraction of sp³-hybridized carbons (Fsp3) is 0.407. The maximum absolute atomic E-state index is 13.2. The first-order chi connectivity index (χ1) is 14.2. The van der Waals surface area contributed by atoms with E-state index in [0.29, 0.717) is 17.0 Å². The van der Waals surface area contributed by atoms with Crippen LogP contribution in [0.5, 0.6) is 0 Å². The Hall–Kier alpha value is -2.68. The second kappa shape index (κ2) is 7.54. The molecule has 1 saturated carbocycles. The molecule has 0 N–H and O–H groups in total. The van der Waals surface area contributed by atoms with Crippen LogP contribution in [0, 0.1) is 16.7 Å². The van der Waals surface area contributed by atoms with Crippen molar-refractivity contribution in [2.45, 2.75) is 53.0 Å². The zero-order valence-electron chi connectivity index (χ0n) is 18.4. The maximum atomic E-state index is 13.2. The molecular formula is C27H31NO2. The number of carbonyl (C=O) groups excluding carboxylic acids is 2. The van der Waals surface area contributed by atoms with Crippen LogP contribution in [0.4, 0.5) is 0 Å². The third-order valence-corrected chi connectivity index (χ3v) is 7.05. The summed E-state index contributed by atoms with van der Waals surface area (Å²) in [5.41, 5.74) is 2.28. The Morgan fingerprint density at radius 1 is 0.800 bits per heavy atom. The largest absolute Gasteiger partial charge is 0.271 e. The number of hydrogen-bond donors (Lipinski definition) is 0. The molecular weight excluding hydrogens is 370 g/mol. The minimum Gasteiger partial charge on any atom is -0.271 e. The van der Waals surface area contributed by atoms with Crippen LogP contribution >= 0.6 is 0 Å². The van der Waals surface area contributed by atoms with E-state index in [4.69, 9.17) is 0 Å². The number of amides is 2. The van der Waals surface area contributed by atoms with E-state index in [1.165, 1.54) is 5.57 Å². The Kier molecular flexibility index (Phi) is 5.17. The van der Waals surface area contributed by atoms with Gasteiger partial charge in [-0.15, -0.1) is 0 Å². The molecule has 0 saturated heterocycles. The first-order valence-corrected chi connectivity index (χ1v) is 10.9. The lowest BCUT2D eigenvalue weighted by atomic mass is 9.66. The summed E-state index contributed by atoms with van der Waals surface area (Å²) < 4.78 is 0. The van der Waals surface area contributed by atoms with Crippen molar-refractivity contribution in [1.82, 2.24) is 4.90 Å². The first-order valence-electron chi connectivity index (χ1n) is 10.9. The summed E-state index contributed by atoms with van der Waals surface area (Å²) in [6, 6.07) is 7.11. The third kappa shape index (κ3) is 3.51. The summed E-state index contributed by atoms with van der Waals surface area (Å²) in [4.78, 5) is 28.0. The maximum Gasteiger partial charge on any atom is 0.261 e. The van der Waals surface area contributed by atoms with E-state index in [-0.39, 0.29) is 28.7 Å². The lowest BCUT2D eigenvalue weighted by molar-refractivity contribution is 0.0369. The molecule has 1 aliphatic heterocycles. The summed E-state index contributed by atoms with van der Waals surface area (Å²) >= 11 is 0. The van der Waals surface area contributed by atoms with Gasteiger partial charge in [0.05, 0.1) is 11.1 Å². The van der Waals surface area contributed by atoms with Gasteiger partial charge in [0.2, 0.25) is 0 Å². The standard InChI is InChI=1S/C27H31NO2/c1-26(2)18-27(3,4)23(17-16-22(26)19-12-8-6-5-7-9-13-19)28-24(29)20-14-10-11-15-21(20)25(28)30/h5-15,22-23H,16-18H2,1-4H3. The number of carbonyl (C=O) groups is 2. The van der Waals surface area contributed by atoms with Gasteiger partial charge in [-0.3, -0.25) is 14.5 Å². The molecule has 1 aromatic rings. The van der Waals surface area contributed by atoms with Crippen LogP contribution in [-0.2, 0) is 0 Å². The molecule has 1 fully saturated rings. The molecule has 2 unspecified atom stereocenters. The number of hydrogen-bond acceptors (Lipinski definition) is 2. The molecule has 3 nitrogen and oxygen atoms in total. The van der Waals surface area contributed by atoms with Crippen molar-refractivity contribution in [3.63, 3.8) is 0 Å². The van der Waals surface area contributed by atoms with E-state index in [1.54, 1.807) is 17.0 Å². The molecule has 2 amide bonds. The van der Waals surface area contributed by atoms with Crippen LogP contribution in [0.15, 0.2) is 72.4 Å². The summed E-state index contributed by atoms with van der Waals surface area (Å²) in [6.45, 7) is 9.10. The average Bonchev–Trinajstić information content (AvgIpc) is 2.84. The Morgan fingerprint density at radius 3 is 2.07 bits per heavy atom. The molecule has 156 valence electrons. The van der Waals surface area contributed by atoms with Crippen LogP contribution in [0.3, 0.4) is 0 Å². The van der Waals surface area contributed by atoms with Crippen molar-refractivity contribution in [3.8, 4) is 0 Å². The summed E-state index contributed by atoms with van der Waals surface area (Å²) in [5.74, 6) is 0.0930. The van der Waals surface area contributed by atoms with Gasteiger partial charge in [0, 0.05) is 6.04 Å². The average molecular weight is 402 g/mol. The molecule has 4 rings (SSSR count). The molecule has 0 aromatic heterocycles. The molecule has 0 spiro atoms. The van der Waals surface area contributed by atoms with Crippen molar-refractivity contribution in [2.24, 2.45) is 16.7 Å². The van der Waals surface area contributed by atoms with Gasteiger partial charge in [-0.05, 0) is 53.7 Å². The second-order valence-electron chi connectivity index (χ2n) is 10.1. The fourth-order valence-electron chi connectivity index (χ4n) is 5.92. The van der Waals surface area contributed by atoms with Gasteiger partial charge in [-0.2, -0.15) is 0 Å². The molecule has 1 aromatic carbocycles. The van der Waals surface area contributed by atoms with Crippen molar-refractivity contribution < 1.29 is 9.59 Å². The third-order valence-electron chi connectivity index (χ3n) is 7.05. The van der Waals surface area contributed by atoms with Crippen LogP contribution < -0.4 is 0 Å². The van der Waals surface area contributed by atoms with Gasteiger partial charge in [0.15, 0.2) is 0 Å². The highest BCUT2D eigenvalue weighted by Crippen LogP contribution is 2.52. The normalized spacial score (nSPS) is 27.3. The van der Waals surface area contributed by atoms with Crippen LogP contribution in [0.2, 0.25) is 0 Å². The smallest absolute Gasteiger partial charge is 0.261 e. The van der Waals surface area contributed by atoms with Crippen molar-refractivity contribution in [3.05, 3.63) is 83.5 Å². The Labute approximate surface area is 179 Å². The molecule has 3 aliphatic rings. The number of imide groups is 1. The first kappa shape index (κ1) is 20.6. The van der Waals surface area contributed by atoms with Crippen molar-refractivity contribution in [2.75, 3.05) is 0 Å². The van der Waals surface area contributed by atoms with E-state index < -0.39 is 0 Å². The fourth-order valence-corrected chi connectivity index (χ4v) is 5.92. The van der Waals surface area contributed by atoms with Gasteiger partial charge in [0.25, 0.3) is 11.8 Å². The summed E-state index contributed by atoms with van der Waals surface area (Å²) in [7, 11) is 0. The topological polar surface area (TPSA) is 37.4 Å². The Balaban J connectivity index is 1.68. The van der Waals surface area contributed by atoms with Gasteiger partial charge in [-0.1, -0.05) is 82.4 Å². The number of allylic oxidation sites excluding steroid dienone is 8. The molecule has 0 bridgehead atoms.